The summed E-state index contributed by atoms with van der Waals surface area (Å²) in [6, 6.07) is 17.8. The fraction of sp³-hybridized carbons (Fsp3) is 0.263. The SMILES string of the molecule is CNC/C=C/C1c2ccccc2CCc2ccccc21. The summed E-state index contributed by atoms with van der Waals surface area (Å²) in [6.07, 6.45) is 6.87. The molecule has 20 heavy (non-hydrogen) atoms. The van der Waals surface area contributed by atoms with Crippen LogP contribution < -0.4 is 5.32 Å². The summed E-state index contributed by atoms with van der Waals surface area (Å²) in [7, 11) is 1.99. The Balaban J connectivity index is 2.09. The average Bonchev–Trinajstić information content (AvgIpc) is 2.66. The fourth-order valence-electron chi connectivity index (χ4n) is 3.10. The van der Waals surface area contributed by atoms with Crippen molar-refractivity contribution in [1.29, 1.82) is 0 Å². The topological polar surface area (TPSA) is 12.0 Å². The highest BCUT2D eigenvalue weighted by atomic mass is 14.8. The van der Waals surface area contributed by atoms with Crippen LogP contribution in [-0.2, 0) is 12.8 Å². The van der Waals surface area contributed by atoms with Gasteiger partial charge in [-0.25, -0.2) is 0 Å². The summed E-state index contributed by atoms with van der Waals surface area (Å²) in [4.78, 5) is 0. The molecule has 0 heterocycles. The van der Waals surface area contributed by atoms with Gasteiger partial charge in [0.25, 0.3) is 0 Å². The van der Waals surface area contributed by atoms with Gasteiger partial charge in [0.2, 0.25) is 0 Å². The van der Waals surface area contributed by atoms with E-state index in [1.165, 1.54) is 22.3 Å². The van der Waals surface area contributed by atoms with Crippen molar-refractivity contribution in [3.8, 4) is 0 Å². The summed E-state index contributed by atoms with van der Waals surface area (Å²) in [5.41, 5.74) is 5.90. The number of rotatable bonds is 3. The van der Waals surface area contributed by atoms with Gasteiger partial charge < -0.3 is 5.32 Å². The molecule has 0 radical (unpaired) electrons. The molecule has 0 spiro atoms. The Morgan fingerprint density at radius 2 is 1.50 bits per heavy atom. The molecule has 2 aromatic carbocycles. The zero-order valence-electron chi connectivity index (χ0n) is 12.0. The number of nitrogens with one attached hydrogen (secondary N) is 1. The first-order valence-electron chi connectivity index (χ1n) is 7.37. The molecule has 0 saturated heterocycles. The van der Waals surface area contributed by atoms with Gasteiger partial charge in [0.1, 0.15) is 0 Å². The number of allylic oxidation sites excluding steroid dienone is 1. The highest BCUT2D eigenvalue weighted by Crippen LogP contribution is 2.34. The predicted octanol–water partition coefficient (Wildman–Crippen LogP) is 3.69. The molecule has 0 saturated carbocycles. The summed E-state index contributed by atoms with van der Waals surface area (Å²) >= 11 is 0. The fourth-order valence-corrected chi connectivity index (χ4v) is 3.10. The number of aryl methyl sites for hydroxylation is 2. The van der Waals surface area contributed by atoms with Crippen LogP contribution in [0.25, 0.3) is 0 Å². The third-order valence-corrected chi connectivity index (χ3v) is 4.09. The van der Waals surface area contributed by atoms with Crippen LogP contribution >= 0.6 is 0 Å². The second kappa shape index (κ2) is 6.06. The monoisotopic (exact) mass is 263 g/mol. The van der Waals surface area contributed by atoms with Crippen molar-refractivity contribution in [2.45, 2.75) is 18.8 Å². The van der Waals surface area contributed by atoms with Gasteiger partial charge in [-0.2, -0.15) is 0 Å². The number of likely N-dealkylation sites (N-methyl/N-ethyl adjacent to an activating group) is 1. The second-order valence-corrected chi connectivity index (χ2v) is 5.36. The summed E-state index contributed by atoms with van der Waals surface area (Å²) in [5.74, 6) is 0.387. The smallest absolute Gasteiger partial charge is 0.0275 e. The van der Waals surface area contributed by atoms with Gasteiger partial charge in [-0.1, -0.05) is 60.7 Å². The summed E-state index contributed by atoms with van der Waals surface area (Å²) < 4.78 is 0. The molecular formula is C19H21N. The van der Waals surface area contributed by atoms with Crippen molar-refractivity contribution in [3.63, 3.8) is 0 Å². The maximum Gasteiger partial charge on any atom is 0.0275 e. The molecule has 1 nitrogen and oxygen atoms in total. The van der Waals surface area contributed by atoms with Crippen molar-refractivity contribution in [1.82, 2.24) is 5.32 Å². The Morgan fingerprint density at radius 1 is 0.950 bits per heavy atom. The van der Waals surface area contributed by atoms with Crippen LogP contribution in [0.4, 0.5) is 0 Å². The molecule has 1 aliphatic carbocycles. The molecule has 102 valence electrons. The van der Waals surface area contributed by atoms with Crippen molar-refractivity contribution in [3.05, 3.63) is 82.9 Å². The lowest BCUT2D eigenvalue weighted by Gasteiger charge is -2.16. The van der Waals surface area contributed by atoms with E-state index >= 15 is 0 Å². The summed E-state index contributed by atoms with van der Waals surface area (Å²) in [6.45, 7) is 0.917. The molecule has 0 aliphatic heterocycles. The zero-order chi connectivity index (χ0) is 13.8. The molecule has 1 heteroatoms. The lowest BCUT2D eigenvalue weighted by molar-refractivity contribution is 0.906. The Hall–Kier alpha value is -1.86. The summed E-state index contributed by atoms with van der Waals surface area (Å²) in [5, 5.41) is 3.18. The van der Waals surface area contributed by atoms with Gasteiger partial charge in [0.15, 0.2) is 0 Å². The van der Waals surface area contributed by atoms with Crippen molar-refractivity contribution in [2.24, 2.45) is 0 Å². The molecule has 1 aliphatic rings. The van der Waals surface area contributed by atoms with Crippen LogP contribution in [0.1, 0.15) is 28.2 Å². The third kappa shape index (κ3) is 2.54. The maximum atomic E-state index is 3.18. The van der Waals surface area contributed by atoms with E-state index in [0.717, 1.165) is 19.4 Å². The minimum Gasteiger partial charge on any atom is -0.316 e. The maximum absolute atomic E-state index is 3.18. The minimum atomic E-state index is 0.387. The van der Waals surface area contributed by atoms with Gasteiger partial charge in [0.05, 0.1) is 0 Å². The quantitative estimate of drug-likeness (QED) is 0.833. The minimum absolute atomic E-state index is 0.387. The van der Waals surface area contributed by atoms with E-state index in [1.807, 2.05) is 7.05 Å². The molecule has 2 aromatic rings. The molecule has 0 amide bonds. The predicted molar refractivity (Wildman–Crippen MR) is 85.2 cm³/mol. The normalized spacial score (nSPS) is 14.8. The molecular weight excluding hydrogens is 242 g/mol. The van der Waals surface area contributed by atoms with E-state index in [2.05, 4.69) is 66.0 Å². The Labute approximate surface area is 121 Å². The lowest BCUT2D eigenvalue weighted by atomic mass is 9.88. The molecule has 0 aromatic heterocycles. The standard InChI is InChI=1S/C19H21N/c1-20-14-6-11-19-17-9-4-2-7-15(17)12-13-16-8-3-5-10-18(16)19/h2-11,19-20H,12-14H2,1H3/b11-6+. The van der Waals surface area contributed by atoms with Gasteiger partial charge in [0, 0.05) is 12.5 Å². The van der Waals surface area contributed by atoms with Crippen LogP contribution in [0.5, 0.6) is 0 Å². The Morgan fingerprint density at radius 3 is 2.05 bits per heavy atom. The zero-order valence-corrected chi connectivity index (χ0v) is 12.0. The molecule has 3 rings (SSSR count). The largest absolute Gasteiger partial charge is 0.316 e. The van der Waals surface area contributed by atoms with Crippen LogP contribution in [-0.4, -0.2) is 13.6 Å². The third-order valence-electron chi connectivity index (χ3n) is 4.09. The first-order valence-corrected chi connectivity index (χ1v) is 7.37. The Kier molecular flexibility index (Phi) is 3.98. The van der Waals surface area contributed by atoms with E-state index in [-0.39, 0.29) is 0 Å². The Bertz CT molecular complexity index is 565. The van der Waals surface area contributed by atoms with Crippen molar-refractivity contribution in [2.75, 3.05) is 13.6 Å². The van der Waals surface area contributed by atoms with Crippen LogP contribution in [0.15, 0.2) is 60.7 Å². The number of benzene rings is 2. The van der Waals surface area contributed by atoms with Crippen LogP contribution in [0.2, 0.25) is 0 Å². The van der Waals surface area contributed by atoms with E-state index < -0.39 is 0 Å². The van der Waals surface area contributed by atoms with E-state index in [0.29, 0.717) is 5.92 Å². The van der Waals surface area contributed by atoms with Gasteiger partial charge in [-0.3, -0.25) is 0 Å². The molecule has 0 fully saturated rings. The average molecular weight is 263 g/mol. The van der Waals surface area contributed by atoms with E-state index in [4.69, 9.17) is 0 Å². The second-order valence-electron chi connectivity index (χ2n) is 5.36. The van der Waals surface area contributed by atoms with E-state index in [1.54, 1.807) is 0 Å². The first kappa shape index (κ1) is 13.1. The highest BCUT2D eigenvalue weighted by Gasteiger charge is 2.20. The van der Waals surface area contributed by atoms with Crippen molar-refractivity contribution >= 4 is 0 Å². The van der Waals surface area contributed by atoms with Crippen LogP contribution in [0, 0.1) is 0 Å². The number of fused-ring (bicyclic) bond motifs is 2. The first-order chi connectivity index (χ1) is 9.90. The number of hydrogen-bond donors (Lipinski definition) is 1. The lowest BCUT2D eigenvalue weighted by Crippen LogP contribution is -2.06. The van der Waals surface area contributed by atoms with Gasteiger partial charge in [-0.05, 0) is 42.1 Å². The molecule has 0 bridgehead atoms. The molecule has 1 N–H and O–H groups in total. The van der Waals surface area contributed by atoms with Gasteiger partial charge >= 0.3 is 0 Å². The van der Waals surface area contributed by atoms with Gasteiger partial charge in [-0.15, -0.1) is 0 Å². The van der Waals surface area contributed by atoms with Crippen molar-refractivity contribution < 1.29 is 0 Å². The number of hydrogen-bond acceptors (Lipinski definition) is 1. The van der Waals surface area contributed by atoms with Crippen LogP contribution in [0.3, 0.4) is 0 Å². The molecule has 0 unspecified atom stereocenters. The molecule has 0 atom stereocenters. The highest BCUT2D eigenvalue weighted by molar-refractivity contribution is 5.47. The van der Waals surface area contributed by atoms with E-state index in [9.17, 15) is 0 Å².